The van der Waals surface area contributed by atoms with Crippen molar-refractivity contribution in [2.45, 2.75) is 62.8 Å². The molecule has 0 radical (unpaired) electrons. The highest BCUT2D eigenvalue weighted by atomic mass is 35.5. The first-order valence-electron chi connectivity index (χ1n) is 12.3. The Balaban J connectivity index is 0.00000241. The van der Waals surface area contributed by atoms with Crippen molar-refractivity contribution in [3.05, 3.63) is 53.5 Å². The molecule has 2 aromatic heterocycles. The van der Waals surface area contributed by atoms with Crippen molar-refractivity contribution in [3.8, 4) is 11.1 Å². The number of fused-ring (bicyclic) bond motifs is 2. The summed E-state index contributed by atoms with van der Waals surface area (Å²) in [6.45, 7) is 1.90. The maximum absolute atomic E-state index is 12.2. The van der Waals surface area contributed by atoms with Gasteiger partial charge in [-0.1, -0.05) is 12.5 Å². The third kappa shape index (κ3) is 3.64. The van der Waals surface area contributed by atoms with Gasteiger partial charge in [0.15, 0.2) is 0 Å². The van der Waals surface area contributed by atoms with Gasteiger partial charge in [-0.15, -0.1) is 12.4 Å². The van der Waals surface area contributed by atoms with Crippen molar-refractivity contribution in [2.75, 3.05) is 18.0 Å². The number of hydrogen-bond acceptors (Lipinski definition) is 5. The lowest BCUT2D eigenvalue weighted by molar-refractivity contribution is -0.126. The van der Waals surface area contributed by atoms with Gasteiger partial charge in [0.1, 0.15) is 0 Å². The molecule has 34 heavy (non-hydrogen) atoms. The maximum Gasteiger partial charge on any atom is 0.229 e. The van der Waals surface area contributed by atoms with Crippen molar-refractivity contribution in [2.24, 2.45) is 11.5 Å². The Morgan fingerprint density at radius 3 is 2.56 bits per heavy atom. The molecule has 4 N–H and O–H groups in total. The summed E-state index contributed by atoms with van der Waals surface area (Å²) in [5.74, 6) is -0.264. The fourth-order valence-electron chi connectivity index (χ4n) is 5.96. The molecule has 6 rings (SSSR count). The zero-order chi connectivity index (χ0) is 22.6. The Bertz CT molecular complexity index is 1260. The highest BCUT2D eigenvalue weighted by molar-refractivity contribution is 5.97. The van der Waals surface area contributed by atoms with Gasteiger partial charge in [-0.25, -0.2) is 0 Å². The van der Waals surface area contributed by atoms with Gasteiger partial charge in [-0.05, 0) is 85.9 Å². The fraction of sp³-hybridized carbons (Fsp3) is 0.444. The number of pyridine rings is 2. The minimum atomic E-state index is -0.607. The SMILES string of the molecule is Cl.NC(=O)C1(c2cc(-c3ccc4nc5c(c(N6CC[C@H](N)C6)c4c3)CCCC5)ccn2)CCC1. The Morgan fingerprint density at radius 2 is 1.85 bits per heavy atom. The number of nitrogens with zero attached hydrogens (tertiary/aromatic N) is 3. The van der Waals surface area contributed by atoms with Crippen LogP contribution in [-0.2, 0) is 23.1 Å². The molecule has 2 fully saturated rings. The van der Waals surface area contributed by atoms with Gasteiger partial charge in [0, 0.05) is 36.4 Å². The van der Waals surface area contributed by atoms with Crippen LogP contribution in [0.3, 0.4) is 0 Å². The molecule has 1 saturated carbocycles. The topological polar surface area (TPSA) is 98.1 Å². The monoisotopic (exact) mass is 477 g/mol. The van der Waals surface area contributed by atoms with E-state index in [4.69, 9.17) is 16.5 Å². The van der Waals surface area contributed by atoms with E-state index in [1.165, 1.54) is 35.2 Å². The Hall–Kier alpha value is -2.70. The highest BCUT2D eigenvalue weighted by Gasteiger charge is 2.45. The first-order valence-corrected chi connectivity index (χ1v) is 12.3. The van der Waals surface area contributed by atoms with E-state index < -0.39 is 5.41 Å². The molecule has 0 spiro atoms. The lowest BCUT2D eigenvalue weighted by Gasteiger charge is -2.38. The minimum Gasteiger partial charge on any atom is -0.369 e. The number of rotatable bonds is 4. The summed E-state index contributed by atoms with van der Waals surface area (Å²) in [5, 5.41) is 1.20. The summed E-state index contributed by atoms with van der Waals surface area (Å²) < 4.78 is 0. The molecule has 1 saturated heterocycles. The summed E-state index contributed by atoms with van der Waals surface area (Å²) in [6, 6.07) is 10.9. The summed E-state index contributed by atoms with van der Waals surface area (Å²) in [4.78, 5) is 24.3. The van der Waals surface area contributed by atoms with Crippen molar-refractivity contribution in [1.82, 2.24) is 9.97 Å². The molecular formula is C27H32ClN5O. The number of aryl methyl sites for hydroxylation is 1. The molecule has 3 heterocycles. The van der Waals surface area contributed by atoms with Crippen LogP contribution in [0.25, 0.3) is 22.0 Å². The van der Waals surface area contributed by atoms with E-state index in [0.717, 1.165) is 74.0 Å². The van der Waals surface area contributed by atoms with Crippen molar-refractivity contribution in [3.63, 3.8) is 0 Å². The molecule has 0 unspecified atom stereocenters. The van der Waals surface area contributed by atoms with Crippen molar-refractivity contribution < 1.29 is 4.79 Å². The summed E-state index contributed by atoms with van der Waals surface area (Å²) in [6.07, 6.45) is 10.00. The van der Waals surface area contributed by atoms with Crippen molar-refractivity contribution >= 4 is 34.9 Å². The Labute approximate surface area is 206 Å². The van der Waals surface area contributed by atoms with Gasteiger partial charge < -0.3 is 16.4 Å². The molecule has 7 heteroatoms. The number of carbonyl (C=O) groups is 1. The van der Waals surface area contributed by atoms with E-state index in [9.17, 15) is 4.79 Å². The van der Waals surface area contributed by atoms with Crippen LogP contribution >= 0.6 is 12.4 Å². The number of nitrogens with two attached hydrogens (primary N) is 2. The molecule has 3 aliphatic rings. The molecule has 6 nitrogen and oxygen atoms in total. The second-order valence-electron chi connectivity index (χ2n) is 10.0. The number of hydrogen-bond donors (Lipinski definition) is 2. The van der Waals surface area contributed by atoms with Gasteiger partial charge in [0.25, 0.3) is 0 Å². The number of halogens is 1. The summed E-state index contributed by atoms with van der Waals surface area (Å²) >= 11 is 0. The molecule has 2 aliphatic carbocycles. The van der Waals surface area contributed by atoms with Gasteiger partial charge in [0.2, 0.25) is 5.91 Å². The smallest absolute Gasteiger partial charge is 0.229 e. The molecule has 1 aromatic carbocycles. The van der Waals surface area contributed by atoms with Gasteiger partial charge in [0.05, 0.1) is 22.3 Å². The largest absolute Gasteiger partial charge is 0.369 e. The predicted molar refractivity (Wildman–Crippen MR) is 138 cm³/mol. The third-order valence-corrected chi connectivity index (χ3v) is 8.03. The van der Waals surface area contributed by atoms with Crippen molar-refractivity contribution in [1.29, 1.82) is 0 Å². The normalized spacial score (nSPS) is 21.0. The highest BCUT2D eigenvalue weighted by Crippen LogP contribution is 2.44. The zero-order valence-electron chi connectivity index (χ0n) is 19.4. The first-order chi connectivity index (χ1) is 16.0. The molecule has 1 amide bonds. The Morgan fingerprint density at radius 1 is 1.06 bits per heavy atom. The lowest BCUT2D eigenvalue weighted by atomic mass is 9.65. The van der Waals surface area contributed by atoms with E-state index in [1.807, 2.05) is 12.3 Å². The van der Waals surface area contributed by atoms with Crippen LogP contribution < -0.4 is 16.4 Å². The molecule has 1 aliphatic heterocycles. The van der Waals surface area contributed by atoms with E-state index in [1.54, 1.807) is 0 Å². The average Bonchev–Trinajstić information content (AvgIpc) is 3.22. The predicted octanol–water partition coefficient (Wildman–Crippen LogP) is 4.04. The molecule has 0 bridgehead atoms. The number of amides is 1. The van der Waals surface area contributed by atoms with Crippen LogP contribution in [0.4, 0.5) is 5.69 Å². The quantitative estimate of drug-likeness (QED) is 0.590. The van der Waals surface area contributed by atoms with Crippen LogP contribution in [0.5, 0.6) is 0 Å². The van der Waals surface area contributed by atoms with E-state index in [0.29, 0.717) is 0 Å². The second-order valence-corrected chi connectivity index (χ2v) is 10.0. The average molecular weight is 478 g/mol. The van der Waals surface area contributed by atoms with E-state index in [2.05, 4.69) is 34.1 Å². The van der Waals surface area contributed by atoms with Crippen LogP contribution in [0.1, 0.15) is 55.5 Å². The summed E-state index contributed by atoms with van der Waals surface area (Å²) in [7, 11) is 0. The third-order valence-electron chi connectivity index (χ3n) is 8.03. The van der Waals surface area contributed by atoms with Gasteiger partial charge >= 0.3 is 0 Å². The van der Waals surface area contributed by atoms with Crippen LogP contribution in [0.15, 0.2) is 36.5 Å². The molecule has 1 atom stereocenters. The van der Waals surface area contributed by atoms with E-state index in [-0.39, 0.29) is 24.4 Å². The number of benzene rings is 1. The second kappa shape index (κ2) is 8.82. The standard InChI is InChI=1S/C27H31N5O.ClH/c28-19-9-13-32(16-19)25-20-4-1-2-5-22(20)31-23-7-6-17(14-21(23)25)18-8-12-30-24(15-18)27(26(29)33)10-3-11-27;/h6-8,12,14-15,19H,1-5,9-11,13,16,28H2,(H2,29,33);1H/t19-;/m0./s1. The van der Waals surface area contributed by atoms with Gasteiger partial charge in [-0.3, -0.25) is 14.8 Å². The summed E-state index contributed by atoms with van der Waals surface area (Å²) in [5.41, 5.74) is 19.5. The van der Waals surface area contributed by atoms with Crippen LogP contribution in [0.2, 0.25) is 0 Å². The number of aromatic nitrogens is 2. The first kappa shape index (κ1) is 23.1. The maximum atomic E-state index is 12.2. The Kier molecular flexibility index (Phi) is 5.98. The molecule has 178 valence electrons. The molecular weight excluding hydrogens is 446 g/mol. The van der Waals surface area contributed by atoms with Gasteiger partial charge in [-0.2, -0.15) is 0 Å². The molecule has 3 aromatic rings. The van der Waals surface area contributed by atoms with Crippen LogP contribution in [0, 0.1) is 0 Å². The van der Waals surface area contributed by atoms with E-state index >= 15 is 0 Å². The number of primary amides is 1. The zero-order valence-corrected chi connectivity index (χ0v) is 20.2. The fourth-order valence-corrected chi connectivity index (χ4v) is 5.96. The lowest BCUT2D eigenvalue weighted by Crippen LogP contribution is -2.47. The number of carbonyl (C=O) groups excluding carboxylic acids is 1. The number of anilines is 1. The minimum absolute atomic E-state index is 0. The van der Waals surface area contributed by atoms with Crippen LogP contribution in [-0.4, -0.2) is 35.0 Å².